The van der Waals surface area contributed by atoms with Crippen molar-refractivity contribution in [2.45, 2.75) is 12.8 Å². The molecule has 0 aliphatic carbocycles. The number of hydrogen-bond acceptors (Lipinski definition) is 3. The summed E-state index contributed by atoms with van der Waals surface area (Å²) in [6.07, 6.45) is 2.18. The number of nitrogens with two attached hydrogens (primary N) is 1. The number of methoxy groups -OCH3 is 1. The zero-order valence-corrected chi connectivity index (χ0v) is 12.1. The average molecular weight is 276 g/mol. The van der Waals surface area contributed by atoms with Crippen molar-refractivity contribution in [3.63, 3.8) is 0 Å². The lowest BCUT2D eigenvalue weighted by atomic mass is 9.96. The van der Waals surface area contributed by atoms with Crippen molar-refractivity contribution in [1.29, 1.82) is 0 Å². The van der Waals surface area contributed by atoms with E-state index in [1.54, 1.807) is 7.11 Å². The molecule has 0 bridgehead atoms. The second kappa shape index (κ2) is 7.41. The van der Waals surface area contributed by atoms with Gasteiger partial charge in [-0.2, -0.15) is 0 Å². The molecule has 1 aliphatic heterocycles. The number of ether oxygens (including phenoxy) is 1. The number of amides is 1. The third kappa shape index (κ3) is 4.05. The summed E-state index contributed by atoms with van der Waals surface area (Å²) < 4.78 is 5.19. The monoisotopic (exact) mass is 276 g/mol. The van der Waals surface area contributed by atoms with Crippen molar-refractivity contribution in [1.82, 2.24) is 4.90 Å². The van der Waals surface area contributed by atoms with Gasteiger partial charge in [0, 0.05) is 26.1 Å². The lowest BCUT2D eigenvalue weighted by Crippen LogP contribution is -2.31. The first-order valence-corrected chi connectivity index (χ1v) is 7.25. The van der Waals surface area contributed by atoms with Crippen LogP contribution >= 0.6 is 0 Å². The van der Waals surface area contributed by atoms with E-state index in [9.17, 15) is 4.79 Å². The van der Waals surface area contributed by atoms with Crippen LogP contribution in [0.1, 0.15) is 12.0 Å². The fraction of sp³-hybridized carbons (Fsp3) is 0.562. The van der Waals surface area contributed by atoms with E-state index >= 15 is 0 Å². The highest BCUT2D eigenvalue weighted by atomic mass is 16.5. The molecular formula is C16H24N2O2. The maximum Gasteiger partial charge on any atom is 0.222 e. The number of primary amides is 1. The Labute approximate surface area is 120 Å². The van der Waals surface area contributed by atoms with Gasteiger partial charge in [-0.3, -0.25) is 4.79 Å². The van der Waals surface area contributed by atoms with Gasteiger partial charge in [-0.05, 0) is 24.9 Å². The molecule has 1 aromatic carbocycles. The van der Waals surface area contributed by atoms with Gasteiger partial charge in [0.15, 0.2) is 0 Å². The van der Waals surface area contributed by atoms with Gasteiger partial charge in [0.25, 0.3) is 0 Å². The molecule has 4 nitrogen and oxygen atoms in total. The zero-order chi connectivity index (χ0) is 14.4. The lowest BCUT2D eigenvalue weighted by molar-refractivity contribution is -0.122. The molecule has 2 rings (SSSR count). The molecule has 1 aliphatic rings. The van der Waals surface area contributed by atoms with Crippen LogP contribution in [0.2, 0.25) is 0 Å². The first kappa shape index (κ1) is 15.0. The Morgan fingerprint density at radius 2 is 2.10 bits per heavy atom. The number of nitrogens with zero attached hydrogens (tertiary/aromatic N) is 1. The van der Waals surface area contributed by atoms with Crippen LogP contribution in [0.4, 0.5) is 0 Å². The Morgan fingerprint density at radius 1 is 1.35 bits per heavy atom. The molecule has 2 N–H and O–H groups in total. The number of carbonyl (C=O) groups is 1. The van der Waals surface area contributed by atoms with Crippen LogP contribution in [0.15, 0.2) is 30.3 Å². The minimum Gasteiger partial charge on any atom is -0.384 e. The van der Waals surface area contributed by atoms with Crippen LogP contribution in [0.3, 0.4) is 0 Å². The molecule has 1 saturated heterocycles. The van der Waals surface area contributed by atoms with Crippen molar-refractivity contribution in [2.24, 2.45) is 17.6 Å². The first-order chi connectivity index (χ1) is 9.70. The molecule has 1 amide bonds. The molecule has 1 fully saturated rings. The van der Waals surface area contributed by atoms with Gasteiger partial charge in [0.05, 0.1) is 12.5 Å². The van der Waals surface area contributed by atoms with E-state index in [0.29, 0.717) is 6.61 Å². The number of carbonyl (C=O) groups excluding carboxylic acids is 1. The summed E-state index contributed by atoms with van der Waals surface area (Å²) >= 11 is 0. The average Bonchev–Trinajstić information content (AvgIpc) is 2.84. The molecule has 20 heavy (non-hydrogen) atoms. The molecule has 0 aromatic heterocycles. The number of benzene rings is 1. The second-order valence-electron chi connectivity index (χ2n) is 5.57. The maximum atomic E-state index is 11.5. The van der Waals surface area contributed by atoms with E-state index in [0.717, 1.165) is 32.5 Å². The fourth-order valence-electron chi connectivity index (χ4n) is 3.00. The molecule has 2 atom stereocenters. The Balaban J connectivity index is 1.78. The molecular weight excluding hydrogens is 252 g/mol. The standard InChI is InChI=1S/C16H24N2O2/c1-20-12-14-10-18(11-15(14)16(17)19)9-5-8-13-6-3-2-4-7-13/h2-4,6-7,14-15H,5,8-12H2,1H3,(H2,17,19)/t14-,15+/m0/s1. The van der Waals surface area contributed by atoms with Gasteiger partial charge < -0.3 is 15.4 Å². The highest BCUT2D eigenvalue weighted by Crippen LogP contribution is 2.23. The summed E-state index contributed by atoms with van der Waals surface area (Å²) in [6.45, 7) is 3.32. The highest BCUT2D eigenvalue weighted by molar-refractivity contribution is 5.77. The number of rotatable bonds is 7. The summed E-state index contributed by atoms with van der Waals surface area (Å²) in [4.78, 5) is 13.8. The summed E-state index contributed by atoms with van der Waals surface area (Å²) in [7, 11) is 1.68. The predicted octanol–water partition coefficient (Wildman–Crippen LogP) is 1.30. The van der Waals surface area contributed by atoms with Crippen LogP contribution in [0.25, 0.3) is 0 Å². The molecule has 0 spiro atoms. The molecule has 110 valence electrons. The highest BCUT2D eigenvalue weighted by Gasteiger charge is 2.35. The normalized spacial score (nSPS) is 23.1. The SMILES string of the molecule is COC[C@@H]1CN(CCCc2ccccc2)C[C@H]1C(N)=O. The largest absolute Gasteiger partial charge is 0.384 e. The topological polar surface area (TPSA) is 55.6 Å². The van der Waals surface area contributed by atoms with E-state index in [2.05, 4.69) is 29.2 Å². The summed E-state index contributed by atoms with van der Waals surface area (Å²) in [5.41, 5.74) is 6.85. The molecule has 0 saturated carbocycles. The van der Waals surface area contributed by atoms with Gasteiger partial charge in [0.2, 0.25) is 5.91 Å². The van der Waals surface area contributed by atoms with Crippen LogP contribution in [-0.2, 0) is 16.0 Å². The molecule has 0 radical (unpaired) electrons. The van der Waals surface area contributed by atoms with E-state index in [-0.39, 0.29) is 17.7 Å². The quantitative estimate of drug-likeness (QED) is 0.816. The van der Waals surface area contributed by atoms with Crippen LogP contribution in [0.5, 0.6) is 0 Å². The van der Waals surface area contributed by atoms with Gasteiger partial charge in [-0.25, -0.2) is 0 Å². The second-order valence-corrected chi connectivity index (χ2v) is 5.57. The van der Waals surface area contributed by atoms with Crippen LogP contribution in [-0.4, -0.2) is 44.2 Å². The van der Waals surface area contributed by atoms with Gasteiger partial charge in [-0.1, -0.05) is 30.3 Å². The Hall–Kier alpha value is -1.39. The predicted molar refractivity (Wildman–Crippen MR) is 79.3 cm³/mol. The van der Waals surface area contributed by atoms with Crippen molar-refractivity contribution < 1.29 is 9.53 Å². The minimum atomic E-state index is -0.197. The van der Waals surface area contributed by atoms with E-state index < -0.39 is 0 Å². The van der Waals surface area contributed by atoms with Gasteiger partial charge in [0.1, 0.15) is 0 Å². The number of aryl methyl sites for hydroxylation is 1. The maximum absolute atomic E-state index is 11.5. The van der Waals surface area contributed by atoms with E-state index in [1.165, 1.54) is 5.56 Å². The zero-order valence-electron chi connectivity index (χ0n) is 12.1. The van der Waals surface area contributed by atoms with Crippen molar-refractivity contribution in [3.8, 4) is 0 Å². The van der Waals surface area contributed by atoms with Crippen molar-refractivity contribution in [2.75, 3.05) is 33.4 Å². The van der Waals surface area contributed by atoms with Crippen molar-refractivity contribution in [3.05, 3.63) is 35.9 Å². The van der Waals surface area contributed by atoms with Crippen LogP contribution < -0.4 is 5.73 Å². The number of likely N-dealkylation sites (tertiary alicyclic amines) is 1. The summed E-state index contributed by atoms with van der Waals surface area (Å²) in [5, 5.41) is 0. The number of hydrogen-bond donors (Lipinski definition) is 1. The summed E-state index contributed by atoms with van der Waals surface area (Å²) in [6, 6.07) is 10.5. The molecule has 1 heterocycles. The van der Waals surface area contributed by atoms with Gasteiger partial charge >= 0.3 is 0 Å². The Morgan fingerprint density at radius 3 is 2.75 bits per heavy atom. The molecule has 0 unspecified atom stereocenters. The molecule has 4 heteroatoms. The fourth-order valence-corrected chi connectivity index (χ4v) is 3.00. The van der Waals surface area contributed by atoms with Crippen molar-refractivity contribution >= 4 is 5.91 Å². The molecule has 1 aromatic rings. The van der Waals surface area contributed by atoms with Gasteiger partial charge in [-0.15, -0.1) is 0 Å². The Bertz CT molecular complexity index is 422. The Kier molecular flexibility index (Phi) is 5.56. The van der Waals surface area contributed by atoms with E-state index in [1.807, 2.05) is 6.07 Å². The summed E-state index contributed by atoms with van der Waals surface area (Å²) in [5.74, 6) is -0.0153. The first-order valence-electron chi connectivity index (χ1n) is 7.25. The smallest absolute Gasteiger partial charge is 0.222 e. The van der Waals surface area contributed by atoms with Crippen LogP contribution in [0, 0.1) is 11.8 Å². The lowest BCUT2D eigenvalue weighted by Gasteiger charge is -2.15. The third-order valence-corrected chi connectivity index (χ3v) is 4.05. The van der Waals surface area contributed by atoms with E-state index in [4.69, 9.17) is 10.5 Å². The third-order valence-electron chi connectivity index (χ3n) is 4.05. The minimum absolute atomic E-state index is 0.0633.